The van der Waals surface area contributed by atoms with Crippen molar-refractivity contribution in [2.45, 2.75) is 32.2 Å². The Labute approximate surface area is 111 Å². The number of aliphatic hydroxyl groups is 2. The first kappa shape index (κ1) is 17.9. The van der Waals surface area contributed by atoms with Crippen molar-refractivity contribution < 1.29 is 33.8 Å². The molecule has 0 saturated carbocycles. The van der Waals surface area contributed by atoms with Crippen molar-refractivity contribution >= 4 is 19.2 Å². The molecule has 0 heterocycles. The maximum Gasteiger partial charge on any atom is 0.408 e. The minimum Gasteiger partial charge on any atom is -0.467 e. The average Bonchev–Trinajstić information content (AvgIpc) is 2.32. The van der Waals surface area contributed by atoms with Gasteiger partial charge >= 0.3 is 12.1 Å². The number of carbonyl (C=O) groups is 2. The van der Waals surface area contributed by atoms with Gasteiger partial charge in [0.15, 0.2) is 12.9 Å². The van der Waals surface area contributed by atoms with E-state index in [2.05, 4.69) is 4.74 Å². The number of esters is 1. The van der Waals surface area contributed by atoms with Gasteiger partial charge in [0.05, 0.1) is 7.11 Å². The third-order valence-electron chi connectivity index (χ3n) is 2.03. The number of amides is 1. The van der Waals surface area contributed by atoms with E-state index < -0.39 is 43.3 Å². The van der Waals surface area contributed by atoms with Crippen molar-refractivity contribution in [1.82, 2.24) is 5.32 Å². The van der Waals surface area contributed by atoms with Gasteiger partial charge in [-0.2, -0.15) is 0 Å². The molecule has 0 spiro atoms. The molecule has 1 atom stereocenters. The molecule has 0 aliphatic carbocycles. The highest BCUT2D eigenvalue weighted by Crippen LogP contribution is 2.47. The van der Waals surface area contributed by atoms with E-state index in [-0.39, 0.29) is 0 Å². The maximum absolute atomic E-state index is 12.1. The Balaban J connectivity index is 5.05. The van der Waals surface area contributed by atoms with Crippen molar-refractivity contribution in [3.05, 3.63) is 0 Å². The summed E-state index contributed by atoms with van der Waals surface area (Å²) in [5.41, 5.74) is -0.812. The topological polar surface area (TPSA) is 122 Å². The van der Waals surface area contributed by atoms with Gasteiger partial charge < -0.3 is 29.6 Å². The van der Waals surface area contributed by atoms with Gasteiger partial charge in [0.25, 0.3) is 0 Å². The van der Waals surface area contributed by atoms with Crippen molar-refractivity contribution in [1.29, 1.82) is 0 Å². The van der Waals surface area contributed by atoms with Gasteiger partial charge in [-0.1, -0.05) is 0 Å². The van der Waals surface area contributed by atoms with Gasteiger partial charge in [-0.25, -0.2) is 9.59 Å². The lowest BCUT2D eigenvalue weighted by Gasteiger charge is -2.25. The van der Waals surface area contributed by atoms with Gasteiger partial charge in [-0.15, -0.1) is 0 Å². The highest BCUT2D eigenvalue weighted by molar-refractivity contribution is 7.65. The molecule has 0 radical (unpaired) electrons. The van der Waals surface area contributed by atoms with E-state index in [1.165, 1.54) is 0 Å². The van der Waals surface area contributed by atoms with Crippen LogP contribution in [0.1, 0.15) is 20.8 Å². The van der Waals surface area contributed by atoms with E-state index in [0.29, 0.717) is 0 Å². The standard InChI is InChI=1S/C10H20NO7P/c1-10(2,3)18-9(15)11-7(8(14)17-4)19(16,5-12)6-13/h7,12-13H,5-6H2,1-4H3,(H,11,15). The van der Waals surface area contributed by atoms with Gasteiger partial charge in [-0.3, -0.25) is 0 Å². The largest absolute Gasteiger partial charge is 0.467 e. The van der Waals surface area contributed by atoms with Gasteiger partial charge in [0.2, 0.25) is 0 Å². The second kappa shape index (κ2) is 6.88. The maximum atomic E-state index is 12.1. The number of aliphatic hydroxyl groups excluding tert-OH is 2. The molecule has 112 valence electrons. The molecule has 0 fully saturated rings. The molecule has 0 aliphatic rings. The third kappa shape index (κ3) is 5.59. The fraction of sp³-hybridized carbons (Fsp3) is 0.800. The number of hydrogen-bond donors (Lipinski definition) is 3. The molecule has 0 aromatic rings. The monoisotopic (exact) mass is 297 g/mol. The van der Waals surface area contributed by atoms with Crippen LogP contribution in [0, 0.1) is 0 Å². The Bertz CT molecular complexity index is 369. The summed E-state index contributed by atoms with van der Waals surface area (Å²) in [7, 11) is -2.73. The SMILES string of the molecule is COC(=O)C(NC(=O)OC(C)(C)C)P(=O)(CO)CO. The van der Waals surface area contributed by atoms with Crippen LogP contribution in [0.5, 0.6) is 0 Å². The summed E-state index contributed by atoms with van der Waals surface area (Å²) >= 11 is 0. The number of ether oxygens (including phenoxy) is 2. The van der Waals surface area contributed by atoms with Crippen LogP contribution in [-0.2, 0) is 18.8 Å². The van der Waals surface area contributed by atoms with E-state index in [0.717, 1.165) is 7.11 Å². The lowest BCUT2D eigenvalue weighted by atomic mass is 10.2. The summed E-state index contributed by atoms with van der Waals surface area (Å²) < 4.78 is 21.4. The van der Waals surface area contributed by atoms with Crippen molar-refractivity contribution in [2.24, 2.45) is 0 Å². The summed E-state index contributed by atoms with van der Waals surface area (Å²) in [4.78, 5) is 23.0. The van der Waals surface area contributed by atoms with E-state index in [9.17, 15) is 14.2 Å². The minimum atomic E-state index is -3.76. The molecule has 1 unspecified atom stereocenters. The first-order valence-electron chi connectivity index (χ1n) is 5.46. The molecule has 0 rings (SSSR count). The zero-order valence-electron chi connectivity index (χ0n) is 11.4. The summed E-state index contributed by atoms with van der Waals surface area (Å²) in [5, 5.41) is 20.1. The molecule has 8 nitrogen and oxygen atoms in total. The molecular formula is C10H20NO7P. The van der Waals surface area contributed by atoms with E-state index in [1.807, 2.05) is 5.32 Å². The summed E-state index contributed by atoms with van der Waals surface area (Å²) in [5.74, 6) is -2.68. The molecule has 0 bridgehead atoms. The molecule has 19 heavy (non-hydrogen) atoms. The Morgan fingerprint density at radius 3 is 2.05 bits per heavy atom. The number of rotatable bonds is 5. The second-order valence-electron chi connectivity index (χ2n) is 4.81. The zero-order chi connectivity index (χ0) is 15.3. The first-order valence-corrected chi connectivity index (χ1v) is 7.61. The molecule has 1 amide bonds. The quantitative estimate of drug-likeness (QED) is 0.492. The van der Waals surface area contributed by atoms with E-state index >= 15 is 0 Å². The van der Waals surface area contributed by atoms with Gasteiger partial charge in [-0.05, 0) is 20.8 Å². The van der Waals surface area contributed by atoms with Crippen molar-refractivity contribution in [3.63, 3.8) is 0 Å². The lowest BCUT2D eigenvalue weighted by molar-refractivity contribution is -0.140. The number of nitrogens with one attached hydrogen (secondary N) is 1. The second-order valence-corrected chi connectivity index (χ2v) is 7.79. The molecular weight excluding hydrogens is 277 g/mol. The summed E-state index contributed by atoms with van der Waals surface area (Å²) in [6.45, 7) is 4.83. The lowest BCUT2D eigenvalue weighted by Crippen LogP contribution is -2.44. The number of hydrogen-bond acceptors (Lipinski definition) is 7. The van der Waals surface area contributed by atoms with E-state index in [4.69, 9.17) is 14.9 Å². The predicted molar refractivity (Wildman–Crippen MR) is 67.0 cm³/mol. The highest BCUT2D eigenvalue weighted by atomic mass is 31.2. The fourth-order valence-corrected chi connectivity index (χ4v) is 2.35. The Morgan fingerprint density at radius 1 is 1.26 bits per heavy atom. The Hall–Kier alpha value is -1.11. The van der Waals surface area contributed by atoms with Crippen LogP contribution >= 0.6 is 7.14 Å². The number of carbonyl (C=O) groups excluding carboxylic acids is 2. The van der Waals surface area contributed by atoms with Crippen LogP contribution in [0.15, 0.2) is 0 Å². The highest BCUT2D eigenvalue weighted by Gasteiger charge is 2.40. The van der Waals surface area contributed by atoms with Gasteiger partial charge in [0.1, 0.15) is 18.3 Å². The number of methoxy groups -OCH3 is 1. The Morgan fingerprint density at radius 2 is 1.74 bits per heavy atom. The Kier molecular flexibility index (Phi) is 6.48. The third-order valence-corrected chi connectivity index (χ3v) is 4.27. The first-order chi connectivity index (χ1) is 8.59. The van der Waals surface area contributed by atoms with Crippen LogP contribution in [0.4, 0.5) is 4.79 Å². The summed E-state index contributed by atoms with van der Waals surface area (Å²) in [6, 6.07) is 0. The predicted octanol–water partition coefficient (Wildman–Crippen LogP) is 0.273. The summed E-state index contributed by atoms with van der Waals surface area (Å²) in [6.07, 6.45) is -2.89. The minimum absolute atomic E-state index is 0.812. The zero-order valence-corrected chi connectivity index (χ0v) is 12.3. The van der Waals surface area contributed by atoms with Crippen molar-refractivity contribution in [3.8, 4) is 0 Å². The van der Waals surface area contributed by atoms with Crippen LogP contribution in [0.3, 0.4) is 0 Å². The molecule has 3 N–H and O–H groups in total. The fourth-order valence-electron chi connectivity index (χ4n) is 1.11. The molecule has 0 aromatic heterocycles. The number of alkyl carbamates (subject to hydrolysis) is 1. The smallest absolute Gasteiger partial charge is 0.408 e. The van der Waals surface area contributed by atoms with Crippen LogP contribution < -0.4 is 5.32 Å². The molecule has 9 heteroatoms. The van der Waals surface area contributed by atoms with Gasteiger partial charge in [0, 0.05) is 0 Å². The molecule has 0 saturated heterocycles. The van der Waals surface area contributed by atoms with Crippen LogP contribution in [0.25, 0.3) is 0 Å². The van der Waals surface area contributed by atoms with Crippen molar-refractivity contribution in [2.75, 3.05) is 19.8 Å². The molecule has 0 aliphatic heterocycles. The van der Waals surface area contributed by atoms with E-state index in [1.54, 1.807) is 20.8 Å². The normalized spacial score (nSPS) is 13.6. The average molecular weight is 297 g/mol. The van der Waals surface area contributed by atoms with Crippen LogP contribution in [0.2, 0.25) is 0 Å². The molecule has 0 aromatic carbocycles. The van der Waals surface area contributed by atoms with Crippen LogP contribution in [-0.4, -0.2) is 53.5 Å².